The molecule has 0 heterocycles. The lowest BCUT2D eigenvalue weighted by molar-refractivity contribution is -0.385. The van der Waals surface area contributed by atoms with Crippen molar-refractivity contribution in [3.8, 4) is 0 Å². The van der Waals surface area contributed by atoms with E-state index < -0.39 is 0 Å². The number of nitrogens with zero attached hydrogens (tertiary/aromatic N) is 1. The molecule has 1 aromatic carbocycles. The molecule has 0 radical (unpaired) electrons. The van der Waals surface area contributed by atoms with Gasteiger partial charge in [-0.05, 0) is 34.3 Å². The van der Waals surface area contributed by atoms with Gasteiger partial charge in [-0.2, -0.15) is 0 Å². The van der Waals surface area contributed by atoms with Gasteiger partial charge >= 0.3 is 0 Å². The number of hydrogen-bond acceptors (Lipinski definition) is 3. The first-order chi connectivity index (χ1) is 8.18. The molecule has 0 atom stereocenters. The third-order valence-corrected chi connectivity index (χ3v) is 3.76. The van der Waals surface area contributed by atoms with Crippen molar-refractivity contribution < 1.29 is 4.92 Å². The molecule has 0 aliphatic heterocycles. The first-order valence-corrected chi connectivity index (χ1v) is 6.28. The summed E-state index contributed by atoms with van der Waals surface area (Å²) in [5.41, 5.74) is 1.04. The quantitative estimate of drug-likeness (QED) is 0.527. The summed E-state index contributed by atoms with van der Waals surface area (Å²) < 4.78 is 0.573. The van der Waals surface area contributed by atoms with Gasteiger partial charge in [-0.3, -0.25) is 10.1 Å². The van der Waals surface area contributed by atoms with Gasteiger partial charge in [0.2, 0.25) is 0 Å². The Morgan fingerprint density at radius 2 is 2.12 bits per heavy atom. The van der Waals surface area contributed by atoms with E-state index in [0.717, 1.165) is 18.4 Å². The van der Waals surface area contributed by atoms with Gasteiger partial charge < -0.3 is 5.32 Å². The summed E-state index contributed by atoms with van der Waals surface area (Å²) in [4.78, 5) is 10.4. The summed E-state index contributed by atoms with van der Waals surface area (Å²) in [6, 6.07) is 5.57. The monoisotopic (exact) mass is 296 g/mol. The average Bonchev–Trinajstić information content (AvgIpc) is 2.80. The van der Waals surface area contributed by atoms with E-state index in [2.05, 4.69) is 33.4 Å². The molecule has 5 heteroatoms. The number of hydrogen-bond donors (Lipinski definition) is 1. The van der Waals surface area contributed by atoms with Crippen LogP contribution in [0.5, 0.6) is 0 Å². The van der Waals surface area contributed by atoms with E-state index in [0.29, 0.717) is 17.1 Å². The fourth-order valence-corrected chi connectivity index (χ4v) is 2.43. The molecular formula is C12H13BrN2O2. The maximum absolute atomic E-state index is 10.8. The first kappa shape index (κ1) is 12.3. The van der Waals surface area contributed by atoms with E-state index in [-0.39, 0.29) is 10.6 Å². The van der Waals surface area contributed by atoms with Crippen molar-refractivity contribution in [3.63, 3.8) is 0 Å². The van der Waals surface area contributed by atoms with Crippen LogP contribution in [-0.2, 0) is 6.54 Å². The third-order valence-electron chi connectivity index (χ3n) is 2.84. The summed E-state index contributed by atoms with van der Waals surface area (Å²) >= 11 is 3.29. The minimum absolute atomic E-state index is 0.119. The Morgan fingerprint density at radius 3 is 2.76 bits per heavy atom. The van der Waals surface area contributed by atoms with Crippen molar-refractivity contribution >= 4 is 21.6 Å². The Kier molecular flexibility index (Phi) is 3.91. The minimum Gasteiger partial charge on any atom is -0.309 e. The Bertz CT molecular complexity index is 452. The van der Waals surface area contributed by atoms with E-state index in [1.54, 1.807) is 6.07 Å². The van der Waals surface area contributed by atoms with Gasteiger partial charge in [0.05, 0.1) is 9.40 Å². The second kappa shape index (κ2) is 5.42. The highest BCUT2D eigenvalue weighted by Gasteiger charge is 2.16. The molecule has 0 saturated carbocycles. The molecule has 0 amide bonds. The van der Waals surface area contributed by atoms with Crippen LogP contribution in [-0.4, -0.2) is 11.0 Å². The van der Waals surface area contributed by atoms with Crippen LogP contribution in [0, 0.1) is 10.1 Å². The molecule has 1 N–H and O–H groups in total. The lowest BCUT2D eigenvalue weighted by atomic mass is 10.1. The van der Waals surface area contributed by atoms with E-state index >= 15 is 0 Å². The zero-order chi connectivity index (χ0) is 12.3. The fraction of sp³-hybridized carbons (Fsp3) is 0.333. The number of nitro groups is 1. The van der Waals surface area contributed by atoms with Gasteiger partial charge in [0.1, 0.15) is 0 Å². The van der Waals surface area contributed by atoms with Crippen LogP contribution in [0.15, 0.2) is 34.8 Å². The van der Waals surface area contributed by atoms with Crippen LogP contribution < -0.4 is 5.32 Å². The Balaban J connectivity index is 2.05. The number of nitro benzene ring substituents is 1. The molecule has 4 nitrogen and oxygen atoms in total. The van der Waals surface area contributed by atoms with Gasteiger partial charge in [0.25, 0.3) is 5.69 Å². The van der Waals surface area contributed by atoms with E-state index in [4.69, 9.17) is 0 Å². The summed E-state index contributed by atoms with van der Waals surface area (Å²) in [5, 5.41) is 14.2. The fourth-order valence-electron chi connectivity index (χ4n) is 1.88. The van der Waals surface area contributed by atoms with Crippen LogP contribution in [0.1, 0.15) is 18.4 Å². The molecule has 17 heavy (non-hydrogen) atoms. The minimum atomic E-state index is -0.370. The SMILES string of the molecule is O=[N+]([O-])c1cccc(CNC2CC=CC2)c1Br. The predicted molar refractivity (Wildman–Crippen MR) is 69.8 cm³/mol. The molecule has 0 spiro atoms. The summed E-state index contributed by atoms with van der Waals surface area (Å²) in [5.74, 6) is 0. The number of halogens is 1. The highest BCUT2D eigenvalue weighted by molar-refractivity contribution is 9.10. The van der Waals surface area contributed by atoms with Crippen LogP contribution >= 0.6 is 15.9 Å². The predicted octanol–water partition coefficient (Wildman–Crippen LogP) is 3.17. The third kappa shape index (κ3) is 2.92. The van der Waals surface area contributed by atoms with E-state index in [9.17, 15) is 10.1 Å². The molecule has 0 unspecified atom stereocenters. The second-order valence-electron chi connectivity index (χ2n) is 4.03. The number of rotatable bonds is 4. The molecule has 1 aromatic rings. The van der Waals surface area contributed by atoms with Crippen LogP contribution in [0.2, 0.25) is 0 Å². The summed E-state index contributed by atoms with van der Waals surface area (Å²) in [6.45, 7) is 0.647. The first-order valence-electron chi connectivity index (χ1n) is 5.48. The largest absolute Gasteiger partial charge is 0.309 e. The lowest BCUT2D eigenvalue weighted by Crippen LogP contribution is -2.25. The van der Waals surface area contributed by atoms with Crippen LogP contribution in [0.4, 0.5) is 5.69 Å². The molecule has 2 rings (SSSR count). The highest BCUT2D eigenvalue weighted by Crippen LogP contribution is 2.28. The van der Waals surface area contributed by atoms with Crippen molar-refractivity contribution in [3.05, 3.63) is 50.5 Å². The van der Waals surface area contributed by atoms with Gasteiger partial charge in [-0.25, -0.2) is 0 Å². The number of nitrogens with one attached hydrogen (secondary N) is 1. The van der Waals surface area contributed by atoms with Crippen LogP contribution in [0.3, 0.4) is 0 Å². The molecule has 1 aliphatic carbocycles. The van der Waals surface area contributed by atoms with Crippen molar-refractivity contribution in [2.75, 3.05) is 0 Å². The van der Waals surface area contributed by atoms with Crippen molar-refractivity contribution in [2.45, 2.75) is 25.4 Å². The maximum atomic E-state index is 10.8. The molecule has 90 valence electrons. The van der Waals surface area contributed by atoms with Gasteiger partial charge in [-0.1, -0.05) is 24.3 Å². The van der Waals surface area contributed by atoms with E-state index in [1.807, 2.05) is 6.07 Å². The molecule has 0 fully saturated rings. The Morgan fingerprint density at radius 1 is 1.41 bits per heavy atom. The highest BCUT2D eigenvalue weighted by atomic mass is 79.9. The van der Waals surface area contributed by atoms with E-state index in [1.165, 1.54) is 6.07 Å². The van der Waals surface area contributed by atoms with Crippen molar-refractivity contribution in [2.24, 2.45) is 0 Å². The zero-order valence-corrected chi connectivity index (χ0v) is 10.8. The van der Waals surface area contributed by atoms with Gasteiger partial charge in [0, 0.05) is 18.7 Å². The van der Waals surface area contributed by atoms with Crippen molar-refractivity contribution in [1.82, 2.24) is 5.32 Å². The molecular weight excluding hydrogens is 284 g/mol. The lowest BCUT2D eigenvalue weighted by Gasteiger charge is -2.12. The van der Waals surface area contributed by atoms with Crippen molar-refractivity contribution in [1.29, 1.82) is 0 Å². The standard InChI is InChI=1S/C12H13BrN2O2/c13-12-9(4-3-7-11(12)15(16)17)8-14-10-5-1-2-6-10/h1-4,7,10,14H,5-6,8H2. The number of benzene rings is 1. The molecule has 0 bridgehead atoms. The second-order valence-corrected chi connectivity index (χ2v) is 4.82. The van der Waals surface area contributed by atoms with Gasteiger partial charge in [-0.15, -0.1) is 0 Å². The Hall–Kier alpha value is -1.20. The maximum Gasteiger partial charge on any atom is 0.283 e. The average molecular weight is 297 g/mol. The Labute approximate surface area is 108 Å². The normalized spacial score (nSPS) is 15.4. The molecule has 0 aromatic heterocycles. The van der Waals surface area contributed by atoms with Crippen LogP contribution in [0.25, 0.3) is 0 Å². The molecule has 0 saturated heterocycles. The smallest absolute Gasteiger partial charge is 0.283 e. The summed E-state index contributed by atoms with van der Waals surface area (Å²) in [6.07, 6.45) is 6.37. The topological polar surface area (TPSA) is 55.2 Å². The summed E-state index contributed by atoms with van der Waals surface area (Å²) in [7, 11) is 0. The van der Waals surface area contributed by atoms with Gasteiger partial charge in [0.15, 0.2) is 0 Å². The zero-order valence-electron chi connectivity index (χ0n) is 9.23. The molecule has 1 aliphatic rings.